The van der Waals surface area contributed by atoms with Gasteiger partial charge in [0.15, 0.2) is 4.80 Å². The Bertz CT molecular complexity index is 959. The third kappa shape index (κ3) is 3.09. The van der Waals surface area contributed by atoms with E-state index in [0.717, 1.165) is 23.2 Å². The monoisotopic (exact) mass is 360 g/mol. The van der Waals surface area contributed by atoms with Crippen LogP contribution >= 0.6 is 22.9 Å². The highest BCUT2D eigenvalue weighted by Crippen LogP contribution is 2.26. The van der Waals surface area contributed by atoms with E-state index in [1.807, 2.05) is 28.8 Å². The smallest absolute Gasteiger partial charge is 0.283 e. The average molecular weight is 361 g/mol. The van der Waals surface area contributed by atoms with Crippen molar-refractivity contribution < 1.29 is 9.53 Å². The molecule has 0 fully saturated rings. The van der Waals surface area contributed by atoms with Gasteiger partial charge in [-0.2, -0.15) is 4.99 Å². The molecule has 0 aliphatic rings. The molecule has 0 unspecified atom stereocenters. The molecule has 0 aliphatic carbocycles. The number of ether oxygens (including phenoxy) is 1. The Morgan fingerprint density at radius 1 is 1.25 bits per heavy atom. The number of rotatable bonds is 4. The summed E-state index contributed by atoms with van der Waals surface area (Å²) in [7, 11) is 1.54. The van der Waals surface area contributed by atoms with E-state index in [1.54, 1.807) is 25.3 Å². The molecule has 1 aromatic heterocycles. The molecule has 0 saturated carbocycles. The van der Waals surface area contributed by atoms with Crippen LogP contribution in [0.15, 0.2) is 47.5 Å². The average Bonchev–Trinajstić information content (AvgIpc) is 2.94. The zero-order valence-electron chi connectivity index (χ0n) is 13.5. The van der Waals surface area contributed by atoms with Crippen LogP contribution in [0.1, 0.15) is 23.7 Å². The molecule has 3 rings (SSSR count). The van der Waals surface area contributed by atoms with Crippen molar-refractivity contribution in [2.75, 3.05) is 7.11 Å². The van der Waals surface area contributed by atoms with Gasteiger partial charge in [-0.15, -0.1) is 0 Å². The maximum absolute atomic E-state index is 12.6. The summed E-state index contributed by atoms with van der Waals surface area (Å²) in [5.41, 5.74) is 1.38. The number of carbonyl (C=O) groups is 1. The van der Waals surface area contributed by atoms with Gasteiger partial charge in [-0.1, -0.05) is 48.1 Å². The number of thiazole rings is 1. The molecule has 3 aromatic rings. The number of para-hydroxylation sites is 2. The number of fused-ring (bicyclic) bond motifs is 1. The lowest BCUT2D eigenvalue weighted by Gasteiger charge is -2.05. The number of nitrogens with zero attached hydrogens (tertiary/aromatic N) is 2. The predicted octanol–water partition coefficient (Wildman–Crippen LogP) is 4.52. The lowest BCUT2D eigenvalue weighted by atomic mass is 10.2. The van der Waals surface area contributed by atoms with Gasteiger partial charge in [0.1, 0.15) is 5.75 Å². The SMILES string of the molecule is CCCn1c(=NC(=O)c2ccccc2OC)sc2cccc(Cl)c21. The summed E-state index contributed by atoms with van der Waals surface area (Å²) in [5.74, 6) is 0.201. The lowest BCUT2D eigenvalue weighted by Crippen LogP contribution is -2.17. The highest BCUT2D eigenvalue weighted by atomic mass is 35.5. The van der Waals surface area contributed by atoms with Gasteiger partial charge in [0.2, 0.25) is 0 Å². The van der Waals surface area contributed by atoms with Gasteiger partial charge in [0.05, 0.1) is 27.9 Å². The molecule has 0 saturated heterocycles. The van der Waals surface area contributed by atoms with Gasteiger partial charge in [0, 0.05) is 6.54 Å². The minimum absolute atomic E-state index is 0.319. The van der Waals surface area contributed by atoms with E-state index in [2.05, 4.69) is 11.9 Å². The second-order valence-corrected chi connectivity index (χ2v) is 6.66. The van der Waals surface area contributed by atoms with Crippen LogP contribution in [0, 0.1) is 0 Å². The molecule has 0 spiro atoms. The number of methoxy groups -OCH3 is 1. The molecular formula is C18H17ClN2O2S. The first-order valence-electron chi connectivity index (χ1n) is 7.65. The van der Waals surface area contributed by atoms with Crippen LogP contribution in [0.2, 0.25) is 5.02 Å². The van der Waals surface area contributed by atoms with Crippen molar-refractivity contribution in [2.24, 2.45) is 4.99 Å². The van der Waals surface area contributed by atoms with Crippen LogP contribution in [0.25, 0.3) is 10.2 Å². The Labute approximate surface area is 149 Å². The first-order valence-corrected chi connectivity index (χ1v) is 8.85. The van der Waals surface area contributed by atoms with E-state index in [-0.39, 0.29) is 5.91 Å². The van der Waals surface area contributed by atoms with E-state index >= 15 is 0 Å². The Morgan fingerprint density at radius 3 is 2.79 bits per heavy atom. The lowest BCUT2D eigenvalue weighted by molar-refractivity contribution is 0.0995. The fourth-order valence-corrected chi connectivity index (χ4v) is 3.99. The fraction of sp³-hybridized carbons (Fsp3) is 0.222. The number of hydrogen-bond acceptors (Lipinski definition) is 3. The van der Waals surface area contributed by atoms with Crippen molar-refractivity contribution in [1.82, 2.24) is 4.57 Å². The van der Waals surface area contributed by atoms with E-state index in [1.165, 1.54) is 11.3 Å². The Morgan fingerprint density at radius 2 is 2.04 bits per heavy atom. The fourth-order valence-electron chi connectivity index (χ4n) is 2.57. The Balaban J connectivity index is 2.18. The topological polar surface area (TPSA) is 43.6 Å². The molecule has 0 bridgehead atoms. The number of aromatic nitrogens is 1. The molecule has 4 nitrogen and oxygen atoms in total. The number of aryl methyl sites for hydroxylation is 1. The van der Waals surface area contributed by atoms with Crippen molar-refractivity contribution in [3.63, 3.8) is 0 Å². The van der Waals surface area contributed by atoms with Gasteiger partial charge < -0.3 is 9.30 Å². The number of carbonyl (C=O) groups excluding carboxylic acids is 1. The molecule has 2 aromatic carbocycles. The number of halogens is 1. The third-order valence-corrected chi connectivity index (χ3v) is 4.98. The molecule has 1 heterocycles. The molecular weight excluding hydrogens is 344 g/mol. The van der Waals surface area contributed by atoms with Crippen LogP contribution in [0.4, 0.5) is 0 Å². The van der Waals surface area contributed by atoms with Gasteiger partial charge in [0.25, 0.3) is 5.91 Å². The first-order chi connectivity index (χ1) is 11.7. The molecule has 0 radical (unpaired) electrons. The highest BCUT2D eigenvalue weighted by molar-refractivity contribution is 7.16. The van der Waals surface area contributed by atoms with Crippen LogP contribution in [0.3, 0.4) is 0 Å². The van der Waals surface area contributed by atoms with Gasteiger partial charge in [-0.05, 0) is 30.7 Å². The van der Waals surface area contributed by atoms with Crippen LogP contribution in [-0.4, -0.2) is 17.6 Å². The van der Waals surface area contributed by atoms with E-state index in [9.17, 15) is 4.79 Å². The summed E-state index contributed by atoms with van der Waals surface area (Å²) in [6.45, 7) is 2.83. The zero-order valence-corrected chi connectivity index (χ0v) is 15.0. The van der Waals surface area contributed by atoms with Crippen molar-refractivity contribution in [3.8, 4) is 5.75 Å². The van der Waals surface area contributed by atoms with Gasteiger partial charge in [-0.3, -0.25) is 4.79 Å². The zero-order chi connectivity index (χ0) is 17.1. The minimum atomic E-state index is -0.319. The van der Waals surface area contributed by atoms with Crippen molar-refractivity contribution in [3.05, 3.63) is 57.9 Å². The second-order valence-electron chi connectivity index (χ2n) is 5.24. The molecule has 0 N–H and O–H groups in total. The summed E-state index contributed by atoms with van der Waals surface area (Å²) < 4.78 is 8.28. The summed E-state index contributed by atoms with van der Waals surface area (Å²) in [5, 5.41) is 0.670. The predicted molar refractivity (Wildman–Crippen MR) is 98.0 cm³/mol. The maximum Gasteiger partial charge on any atom is 0.283 e. The van der Waals surface area contributed by atoms with Crippen molar-refractivity contribution >= 4 is 39.1 Å². The van der Waals surface area contributed by atoms with Crippen LogP contribution < -0.4 is 9.54 Å². The molecule has 6 heteroatoms. The molecule has 0 aliphatic heterocycles. The third-order valence-electron chi connectivity index (χ3n) is 3.63. The van der Waals surface area contributed by atoms with Crippen LogP contribution in [-0.2, 0) is 6.54 Å². The van der Waals surface area contributed by atoms with E-state index in [0.29, 0.717) is 21.1 Å². The summed E-state index contributed by atoms with van der Waals surface area (Å²) in [6.07, 6.45) is 0.924. The van der Waals surface area contributed by atoms with Crippen molar-refractivity contribution in [2.45, 2.75) is 19.9 Å². The van der Waals surface area contributed by atoms with E-state index < -0.39 is 0 Å². The quantitative estimate of drug-likeness (QED) is 0.686. The first kappa shape index (κ1) is 16.7. The maximum atomic E-state index is 12.6. The van der Waals surface area contributed by atoms with Gasteiger partial charge in [-0.25, -0.2) is 0 Å². The van der Waals surface area contributed by atoms with Crippen LogP contribution in [0.5, 0.6) is 5.75 Å². The Kier molecular flexibility index (Phi) is 5.02. The number of hydrogen-bond donors (Lipinski definition) is 0. The number of benzene rings is 2. The largest absolute Gasteiger partial charge is 0.496 e. The van der Waals surface area contributed by atoms with Crippen molar-refractivity contribution in [1.29, 1.82) is 0 Å². The molecule has 124 valence electrons. The minimum Gasteiger partial charge on any atom is -0.496 e. The van der Waals surface area contributed by atoms with Gasteiger partial charge >= 0.3 is 0 Å². The summed E-state index contributed by atoms with van der Waals surface area (Å²) >= 11 is 7.82. The highest BCUT2D eigenvalue weighted by Gasteiger charge is 2.13. The summed E-state index contributed by atoms with van der Waals surface area (Å²) in [6, 6.07) is 12.8. The molecule has 1 amide bonds. The Hall–Kier alpha value is -2.11. The molecule has 0 atom stereocenters. The number of amides is 1. The standard InChI is InChI=1S/C18H17ClN2O2S/c1-3-11-21-16-13(19)8-6-10-15(16)24-18(21)20-17(22)12-7-4-5-9-14(12)23-2/h4-10H,3,11H2,1-2H3. The normalized spacial score (nSPS) is 11.9. The summed E-state index contributed by atoms with van der Waals surface area (Å²) in [4.78, 5) is 17.6. The molecule has 24 heavy (non-hydrogen) atoms. The second kappa shape index (κ2) is 7.20. The van der Waals surface area contributed by atoms with E-state index in [4.69, 9.17) is 16.3 Å².